The van der Waals surface area contributed by atoms with Gasteiger partial charge in [0.1, 0.15) is 5.75 Å². The second kappa shape index (κ2) is 12.3. The van der Waals surface area contributed by atoms with Gasteiger partial charge in [-0.1, -0.05) is 18.2 Å². The van der Waals surface area contributed by atoms with Gasteiger partial charge < -0.3 is 24.8 Å². The molecule has 0 unspecified atom stereocenters. The van der Waals surface area contributed by atoms with Crippen molar-refractivity contribution in [2.45, 2.75) is 6.42 Å². The molecule has 1 aliphatic heterocycles. The van der Waals surface area contributed by atoms with Gasteiger partial charge in [-0.3, -0.25) is 9.89 Å². The second-order valence-corrected chi connectivity index (χ2v) is 10.3. The Labute approximate surface area is 234 Å². The zero-order valence-corrected chi connectivity index (χ0v) is 23.5. The van der Waals surface area contributed by atoms with Crippen LogP contribution in [0.5, 0.6) is 5.75 Å². The molecule has 5 rings (SSSR count). The molecular weight excluding hydrogens is 504 g/mol. The number of carbonyl (C=O) groups excluding carboxylic acids is 1. The number of likely N-dealkylation sites (N-methyl/N-ethyl adjacent to an activating group) is 2. The predicted octanol–water partition coefficient (Wildman–Crippen LogP) is 3.75. The third-order valence-corrected chi connectivity index (χ3v) is 6.95. The van der Waals surface area contributed by atoms with Crippen LogP contribution in [0.1, 0.15) is 5.56 Å². The Morgan fingerprint density at radius 2 is 1.95 bits per heavy atom. The Morgan fingerprint density at radius 3 is 2.73 bits per heavy atom. The standard InChI is InChI=1S/C30H36N8O2/c1-36(2)12-6-9-24(39)17-21-10-11-27(40-4)25(18-21)28-26-20-31-35-29(26)34-30(33-28)32-22-7-5-8-23(19-22)38-15-13-37(3)14-16-38/h5-11,18-20H,12-17H2,1-4H3,(H2,31,32,33,34,35)/b9-6+. The van der Waals surface area contributed by atoms with E-state index in [1.807, 2.05) is 55.4 Å². The molecule has 1 fully saturated rings. The summed E-state index contributed by atoms with van der Waals surface area (Å²) in [6.45, 7) is 4.78. The molecule has 10 heteroatoms. The molecule has 0 bridgehead atoms. The predicted molar refractivity (Wildman–Crippen MR) is 160 cm³/mol. The number of nitrogens with zero attached hydrogens (tertiary/aromatic N) is 6. The zero-order chi connectivity index (χ0) is 28.1. The van der Waals surface area contributed by atoms with Gasteiger partial charge in [0.15, 0.2) is 11.4 Å². The number of piperazine rings is 1. The van der Waals surface area contributed by atoms with Crippen molar-refractivity contribution >= 4 is 34.1 Å². The summed E-state index contributed by atoms with van der Waals surface area (Å²) < 4.78 is 5.70. The molecule has 40 heavy (non-hydrogen) atoms. The zero-order valence-electron chi connectivity index (χ0n) is 23.5. The molecule has 4 aromatic rings. The maximum atomic E-state index is 12.6. The van der Waals surface area contributed by atoms with Gasteiger partial charge in [0.2, 0.25) is 5.95 Å². The van der Waals surface area contributed by atoms with Crippen molar-refractivity contribution < 1.29 is 9.53 Å². The first kappa shape index (κ1) is 27.3. The number of hydrogen-bond donors (Lipinski definition) is 2. The largest absolute Gasteiger partial charge is 0.496 e. The summed E-state index contributed by atoms with van der Waals surface area (Å²) in [7, 11) is 7.72. The molecule has 0 saturated carbocycles. The number of H-pyrrole nitrogens is 1. The summed E-state index contributed by atoms with van der Waals surface area (Å²) in [5.74, 6) is 1.14. The van der Waals surface area contributed by atoms with E-state index in [4.69, 9.17) is 9.72 Å². The molecule has 3 heterocycles. The van der Waals surface area contributed by atoms with E-state index in [1.165, 1.54) is 5.69 Å². The average molecular weight is 541 g/mol. The fraction of sp³-hybridized carbons (Fsp3) is 0.333. The summed E-state index contributed by atoms with van der Waals surface area (Å²) in [4.78, 5) is 28.9. The van der Waals surface area contributed by atoms with Crippen LogP contribution in [0, 0.1) is 0 Å². The van der Waals surface area contributed by atoms with E-state index in [0.717, 1.165) is 48.4 Å². The van der Waals surface area contributed by atoms with E-state index >= 15 is 0 Å². The number of aromatic amines is 1. The number of rotatable bonds is 10. The molecule has 2 aromatic carbocycles. The molecule has 10 nitrogen and oxygen atoms in total. The van der Waals surface area contributed by atoms with Crippen molar-refractivity contribution in [2.75, 3.05) is 71.2 Å². The molecule has 0 atom stereocenters. The van der Waals surface area contributed by atoms with Crippen LogP contribution in [0.25, 0.3) is 22.3 Å². The highest BCUT2D eigenvalue weighted by atomic mass is 16.5. The number of anilines is 3. The molecule has 0 radical (unpaired) electrons. The monoisotopic (exact) mass is 540 g/mol. The number of benzene rings is 2. The minimum atomic E-state index is 0.0386. The summed E-state index contributed by atoms with van der Waals surface area (Å²) >= 11 is 0. The molecule has 2 aromatic heterocycles. The van der Waals surface area contributed by atoms with E-state index in [-0.39, 0.29) is 12.2 Å². The first-order chi connectivity index (χ1) is 19.4. The third kappa shape index (κ3) is 6.47. The molecular formula is C30H36N8O2. The van der Waals surface area contributed by atoms with Crippen LogP contribution < -0.4 is 15.0 Å². The van der Waals surface area contributed by atoms with Crippen LogP contribution in [-0.4, -0.2) is 96.7 Å². The highest BCUT2D eigenvalue weighted by Crippen LogP contribution is 2.35. The molecule has 1 saturated heterocycles. The topological polar surface area (TPSA) is 103 Å². The Balaban J connectivity index is 1.44. The second-order valence-electron chi connectivity index (χ2n) is 10.3. The van der Waals surface area contributed by atoms with E-state index in [0.29, 0.717) is 29.6 Å². The van der Waals surface area contributed by atoms with Crippen molar-refractivity contribution in [1.29, 1.82) is 0 Å². The van der Waals surface area contributed by atoms with Gasteiger partial charge >= 0.3 is 0 Å². The number of aromatic nitrogens is 4. The summed E-state index contributed by atoms with van der Waals surface area (Å²) in [6, 6.07) is 14.1. The lowest BCUT2D eigenvalue weighted by molar-refractivity contribution is -0.114. The van der Waals surface area contributed by atoms with Gasteiger partial charge in [0, 0.05) is 56.1 Å². The van der Waals surface area contributed by atoms with Crippen LogP contribution in [-0.2, 0) is 11.2 Å². The number of carbonyl (C=O) groups is 1. The van der Waals surface area contributed by atoms with E-state index < -0.39 is 0 Å². The van der Waals surface area contributed by atoms with Crippen LogP contribution >= 0.6 is 0 Å². The van der Waals surface area contributed by atoms with Gasteiger partial charge in [0.05, 0.1) is 24.4 Å². The van der Waals surface area contributed by atoms with Crippen LogP contribution in [0.15, 0.2) is 60.8 Å². The lowest BCUT2D eigenvalue weighted by Gasteiger charge is -2.34. The molecule has 0 spiro atoms. The Morgan fingerprint density at radius 1 is 1.12 bits per heavy atom. The molecule has 0 amide bonds. The van der Waals surface area contributed by atoms with Gasteiger partial charge in [0.25, 0.3) is 0 Å². The number of fused-ring (bicyclic) bond motifs is 1. The first-order valence-corrected chi connectivity index (χ1v) is 13.4. The SMILES string of the molecule is COc1ccc(CC(=O)/C=C/CN(C)C)cc1-c1nc(Nc2cccc(N3CCN(C)CC3)c2)nc2[nH]ncc12. The summed E-state index contributed by atoms with van der Waals surface area (Å²) in [5.41, 5.74) is 4.99. The molecule has 208 valence electrons. The van der Waals surface area contributed by atoms with Gasteiger partial charge in [-0.05, 0) is 63.1 Å². The lowest BCUT2D eigenvalue weighted by atomic mass is 10.0. The Bertz CT molecular complexity index is 1500. The van der Waals surface area contributed by atoms with Crippen molar-refractivity contribution in [3.63, 3.8) is 0 Å². The van der Waals surface area contributed by atoms with Crippen molar-refractivity contribution in [3.8, 4) is 17.0 Å². The molecule has 0 aliphatic carbocycles. The van der Waals surface area contributed by atoms with Crippen molar-refractivity contribution in [2.24, 2.45) is 0 Å². The first-order valence-electron chi connectivity index (χ1n) is 13.4. The quantitative estimate of drug-likeness (QED) is 0.291. The van der Waals surface area contributed by atoms with Crippen molar-refractivity contribution in [1.82, 2.24) is 30.0 Å². The minimum absolute atomic E-state index is 0.0386. The normalized spacial score (nSPS) is 14.4. The number of methoxy groups -OCH3 is 1. The van der Waals surface area contributed by atoms with Crippen LogP contribution in [0.4, 0.5) is 17.3 Å². The van der Waals surface area contributed by atoms with Crippen LogP contribution in [0.2, 0.25) is 0 Å². The highest BCUT2D eigenvalue weighted by molar-refractivity contribution is 5.94. The number of ketones is 1. The molecule has 2 N–H and O–H groups in total. The lowest BCUT2D eigenvalue weighted by Crippen LogP contribution is -2.44. The third-order valence-electron chi connectivity index (χ3n) is 6.95. The van der Waals surface area contributed by atoms with E-state index in [2.05, 4.69) is 49.5 Å². The summed E-state index contributed by atoms with van der Waals surface area (Å²) in [6.07, 6.45) is 5.51. The summed E-state index contributed by atoms with van der Waals surface area (Å²) in [5, 5.41) is 11.3. The van der Waals surface area contributed by atoms with Crippen molar-refractivity contribution in [3.05, 3.63) is 66.4 Å². The van der Waals surface area contributed by atoms with Crippen LogP contribution in [0.3, 0.4) is 0 Å². The fourth-order valence-corrected chi connectivity index (χ4v) is 4.78. The smallest absolute Gasteiger partial charge is 0.229 e. The molecule has 1 aliphatic rings. The van der Waals surface area contributed by atoms with Gasteiger partial charge in [-0.25, -0.2) is 4.98 Å². The number of ether oxygens (including phenoxy) is 1. The minimum Gasteiger partial charge on any atom is -0.496 e. The maximum absolute atomic E-state index is 12.6. The maximum Gasteiger partial charge on any atom is 0.229 e. The Kier molecular flexibility index (Phi) is 8.37. The number of hydrogen-bond acceptors (Lipinski definition) is 9. The fourth-order valence-electron chi connectivity index (χ4n) is 4.78. The van der Waals surface area contributed by atoms with Gasteiger partial charge in [-0.2, -0.15) is 10.1 Å². The Hall–Kier alpha value is -4.28. The average Bonchev–Trinajstić information content (AvgIpc) is 3.42. The van der Waals surface area contributed by atoms with E-state index in [1.54, 1.807) is 19.4 Å². The highest BCUT2D eigenvalue weighted by Gasteiger charge is 2.18. The van der Waals surface area contributed by atoms with E-state index in [9.17, 15) is 4.79 Å². The van der Waals surface area contributed by atoms with Gasteiger partial charge in [-0.15, -0.1) is 0 Å². The number of allylic oxidation sites excluding steroid dienone is 1. The number of nitrogens with one attached hydrogen (secondary N) is 2.